The van der Waals surface area contributed by atoms with E-state index in [9.17, 15) is 5.11 Å². The molecular weight excluding hydrogens is 224 g/mol. The maximum atomic E-state index is 10.1. The molecule has 18 heavy (non-hydrogen) atoms. The molecule has 0 saturated heterocycles. The van der Waals surface area contributed by atoms with Gasteiger partial charge in [-0.3, -0.25) is 0 Å². The number of phenols is 1. The Balaban J connectivity index is 3.00. The fourth-order valence-electron chi connectivity index (χ4n) is 1.85. The zero-order valence-corrected chi connectivity index (χ0v) is 11.2. The summed E-state index contributed by atoms with van der Waals surface area (Å²) in [5.41, 5.74) is 1.87. The van der Waals surface area contributed by atoms with Gasteiger partial charge in [-0.1, -0.05) is 18.2 Å². The van der Waals surface area contributed by atoms with Crippen LogP contribution in [0.1, 0.15) is 18.5 Å². The highest BCUT2D eigenvalue weighted by Gasteiger charge is 2.11. The van der Waals surface area contributed by atoms with E-state index in [-0.39, 0.29) is 6.04 Å². The monoisotopic (exact) mass is 246 g/mol. The molecule has 0 fully saturated rings. The first-order valence-corrected chi connectivity index (χ1v) is 6.11. The summed E-state index contributed by atoms with van der Waals surface area (Å²) in [5.74, 6) is 0.312. The predicted octanol–water partition coefficient (Wildman–Crippen LogP) is 2.85. The quantitative estimate of drug-likeness (QED) is 0.726. The molecule has 1 aromatic carbocycles. The summed E-state index contributed by atoms with van der Waals surface area (Å²) in [4.78, 5) is 2.09. The van der Waals surface area contributed by atoms with Crippen molar-refractivity contribution in [2.75, 3.05) is 25.0 Å². The third kappa shape index (κ3) is 3.37. The lowest BCUT2D eigenvalue weighted by Gasteiger charge is -2.23. The van der Waals surface area contributed by atoms with Crippen molar-refractivity contribution in [2.24, 2.45) is 0 Å². The molecule has 1 aromatic rings. The van der Waals surface area contributed by atoms with Gasteiger partial charge in [0.15, 0.2) is 0 Å². The molecule has 0 aliphatic rings. The van der Waals surface area contributed by atoms with Gasteiger partial charge >= 0.3 is 0 Å². The summed E-state index contributed by atoms with van der Waals surface area (Å²) in [6, 6.07) is 5.88. The Morgan fingerprint density at radius 2 is 1.94 bits per heavy atom. The van der Waals surface area contributed by atoms with E-state index in [0.717, 1.165) is 24.3 Å². The highest BCUT2D eigenvalue weighted by molar-refractivity contribution is 5.54. The summed E-state index contributed by atoms with van der Waals surface area (Å²) in [5, 5.41) is 13.2. The lowest BCUT2D eigenvalue weighted by atomic mass is 10.1. The molecule has 1 atom stereocenters. The summed E-state index contributed by atoms with van der Waals surface area (Å²) >= 11 is 0. The first kappa shape index (κ1) is 14.3. The van der Waals surface area contributed by atoms with Crippen LogP contribution < -0.4 is 10.2 Å². The van der Waals surface area contributed by atoms with E-state index in [4.69, 9.17) is 0 Å². The Bertz CT molecular complexity index is 405. The number of benzene rings is 1. The smallest absolute Gasteiger partial charge is 0.122 e. The first-order valence-electron chi connectivity index (χ1n) is 6.11. The normalized spacial score (nSPS) is 11.9. The number of nitrogens with one attached hydrogen (secondary N) is 1. The highest BCUT2D eigenvalue weighted by atomic mass is 16.3. The van der Waals surface area contributed by atoms with Crippen molar-refractivity contribution < 1.29 is 5.11 Å². The number of aromatic hydroxyl groups is 1. The third-order valence-electron chi connectivity index (χ3n) is 2.98. The molecule has 0 aromatic heterocycles. The zero-order chi connectivity index (χ0) is 13.5. The fourth-order valence-corrected chi connectivity index (χ4v) is 1.85. The van der Waals surface area contributed by atoms with Crippen molar-refractivity contribution >= 4 is 5.69 Å². The zero-order valence-electron chi connectivity index (χ0n) is 11.2. The number of hydrogen-bond donors (Lipinski definition) is 2. The van der Waals surface area contributed by atoms with Gasteiger partial charge in [0, 0.05) is 36.4 Å². The standard InChI is InChI=1S/C15H22N2O/c1-5-9-17(10-6-2)13-7-8-14(12(3)16-4)15(18)11-13/h5-8,11-12,16,18H,1-2,9-10H2,3-4H3. The number of anilines is 1. The molecule has 0 spiro atoms. The van der Waals surface area contributed by atoms with Crippen molar-refractivity contribution in [2.45, 2.75) is 13.0 Å². The van der Waals surface area contributed by atoms with Gasteiger partial charge in [0.25, 0.3) is 0 Å². The van der Waals surface area contributed by atoms with Crippen LogP contribution in [0.2, 0.25) is 0 Å². The van der Waals surface area contributed by atoms with Gasteiger partial charge in [-0.25, -0.2) is 0 Å². The molecular formula is C15H22N2O. The maximum Gasteiger partial charge on any atom is 0.122 e. The molecule has 1 rings (SSSR count). The molecule has 3 nitrogen and oxygen atoms in total. The molecule has 0 radical (unpaired) electrons. The minimum Gasteiger partial charge on any atom is -0.508 e. The van der Waals surface area contributed by atoms with Gasteiger partial charge in [-0.05, 0) is 20.0 Å². The van der Waals surface area contributed by atoms with Crippen LogP contribution in [0, 0.1) is 0 Å². The number of hydrogen-bond acceptors (Lipinski definition) is 3. The van der Waals surface area contributed by atoms with Crippen molar-refractivity contribution in [3.63, 3.8) is 0 Å². The minimum absolute atomic E-state index is 0.131. The summed E-state index contributed by atoms with van der Waals surface area (Å²) in [6.07, 6.45) is 3.68. The summed E-state index contributed by atoms with van der Waals surface area (Å²) in [6.45, 7) is 11.0. The Morgan fingerprint density at radius 1 is 1.33 bits per heavy atom. The van der Waals surface area contributed by atoms with Gasteiger partial charge < -0.3 is 15.3 Å². The Hall–Kier alpha value is -1.74. The SMILES string of the molecule is C=CCN(CC=C)c1ccc(C(C)NC)c(O)c1. The average Bonchev–Trinajstić information content (AvgIpc) is 2.37. The molecule has 0 bridgehead atoms. The van der Waals surface area contributed by atoms with E-state index in [1.807, 2.05) is 38.3 Å². The largest absolute Gasteiger partial charge is 0.508 e. The third-order valence-corrected chi connectivity index (χ3v) is 2.98. The van der Waals surface area contributed by atoms with E-state index < -0.39 is 0 Å². The van der Waals surface area contributed by atoms with Crippen LogP contribution in [0.4, 0.5) is 5.69 Å². The van der Waals surface area contributed by atoms with Gasteiger partial charge in [-0.2, -0.15) is 0 Å². The predicted molar refractivity (Wildman–Crippen MR) is 78.2 cm³/mol. The molecule has 0 aliphatic carbocycles. The molecule has 98 valence electrons. The van der Waals surface area contributed by atoms with Crippen LogP contribution in [0.15, 0.2) is 43.5 Å². The minimum atomic E-state index is 0.131. The van der Waals surface area contributed by atoms with E-state index in [2.05, 4.69) is 23.4 Å². The highest BCUT2D eigenvalue weighted by Crippen LogP contribution is 2.28. The molecule has 0 amide bonds. The molecule has 0 saturated carbocycles. The van der Waals surface area contributed by atoms with Crippen LogP contribution in [0.25, 0.3) is 0 Å². The molecule has 1 unspecified atom stereocenters. The van der Waals surface area contributed by atoms with Crippen LogP contribution in [-0.4, -0.2) is 25.2 Å². The van der Waals surface area contributed by atoms with Crippen LogP contribution in [-0.2, 0) is 0 Å². The number of rotatable bonds is 7. The second-order valence-electron chi connectivity index (χ2n) is 4.24. The van der Waals surface area contributed by atoms with Gasteiger partial charge in [0.05, 0.1) is 0 Å². The second-order valence-corrected chi connectivity index (χ2v) is 4.24. The van der Waals surface area contributed by atoms with Gasteiger partial charge in [0.2, 0.25) is 0 Å². The molecule has 0 heterocycles. The van der Waals surface area contributed by atoms with E-state index in [1.165, 1.54) is 0 Å². The lowest BCUT2D eigenvalue weighted by Crippen LogP contribution is -2.23. The van der Waals surface area contributed by atoms with Crippen LogP contribution >= 0.6 is 0 Å². The first-order chi connectivity index (χ1) is 8.63. The fraction of sp³-hybridized carbons (Fsp3) is 0.333. The average molecular weight is 246 g/mol. The van der Waals surface area contributed by atoms with E-state index in [0.29, 0.717) is 5.75 Å². The molecule has 3 heteroatoms. The molecule has 2 N–H and O–H groups in total. The number of phenolic OH excluding ortho intramolecular Hbond substituents is 1. The van der Waals surface area contributed by atoms with Crippen LogP contribution in [0.3, 0.4) is 0 Å². The van der Waals surface area contributed by atoms with Gasteiger partial charge in [0.1, 0.15) is 5.75 Å². The Kier molecular flexibility index (Phi) is 5.46. The summed E-state index contributed by atoms with van der Waals surface area (Å²) in [7, 11) is 1.87. The second kappa shape index (κ2) is 6.87. The van der Waals surface area contributed by atoms with Crippen molar-refractivity contribution in [1.82, 2.24) is 5.32 Å². The van der Waals surface area contributed by atoms with E-state index in [1.54, 1.807) is 6.07 Å². The lowest BCUT2D eigenvalue weighted by molar-refractivity contribution is 0.458. The van der Waals surface area contributed by atoms with Crippen molar-refractivity contribution in [3.05, 3.63) is 49.1 Å². The summed E-state index contributed by atoms with van der Waals surface area (Å²) < 4.78 is 0. The molecule has 0 aliphatic heterocycles. The van der Waals surface area contributed by atoms with Crippen LogP contribution in [0.5, 0.6) is 5.75 Å². The Morgan fingerprint density at radius 3 is 2.39 bits per heavy atom. The van der Waals surface area contributed by atoms with Crippen molar-refractivity contribution in [3.8, 4) is 5.75 Å². The Labute approximate surface area is 109 Å². The topological polar surface area (TPSA) is 35.5 Å². The van der Waals surface area contributed by atoms with Crippen molar-refractivity contribution in [1.29, 1.82) is 0 Å². The maximum absolute atomic E-state index is 10.1. The number of nitrogens with zero attached hydrogens (tertiary/aromatic N) is 1. The van der Waals surface area contributed by atoms with Gasteiger partial charge in [-0.15, -0.1) is 13.2 Å². The van der Waals surface area contributed by atoms with E-state index >= 15 is 0 Å².